The zero-order valence-electron chi connectivity index (χ0n) is 12.9. The van der Waals surface area contributed by atoms with E-state index in [0.717, 1.165) is 26.2 Å². The van der Waals surface area contributed by atoms with Gasteiger partial charge in [-0.05, 0) is 6.07 Å². The minimum atomic E-state index is -0.600. The van der Waals surface area contributed by atoms with Gasteiger partial charge in [0.15, 0.2) is 0 Å². The Bertz CT molecular complexity index is 929. The lowest BCUT2D eigenvalue weighted by Crippen LogP contribution is -2.44. The van der Waals surface area contributed by atoms with E-state index in [4.69, 9.17) is 0 Å². The standard InChI is InChI=1S/C15H16FN7O/c16-13-10(2-1-3-18-13)9-23-14(24)12-11(8-19-23)20-15(21-12)22-6-4-17-5-7-22/h1-3,8,17H,4-7,9H2,(H,20,21). The first-order valence-corrected chi connectivity index (χ1v) is 7.73. The van der Waals surface area contributed by atoms with Gasteiger partial charge in [-0.3, -0.25) is 4.79 Å². The average molecular weight is 329 g/mol. The number of hydrogen-bond acceptors (Lipinski definition) is 6. The number of pyridine rings is 1. The maximum atomic E-state index is 13.7. The van der Waals surface area contributed by atoms with Crippen molar-refractivity contribution in [3.63, 3.8) is 0 Å². The number of halogens is 1. The number of fused-ring (bicyclic) bond motifs is 1. The van der Waals surface area contributed by atoms with Crippen LogP contribution >= 0.6 is 0 Å². The summed E-state index contributed by atoms with van der Waals surface area (Å²) in [4.78, 5) is 25.8. The van der Waals surface area contributed by atoms with E-state index in [2.05, 4.69) is 30.3 Å². The number of nitrogens with zero attached hydrogens (tertiary/aromatic N) is 5. The molecular weight excluding hydrogens is 313 g/mol. The Hall–Kier alpha value is -2.81. The molecule has 0 unspecified atom stereocenters. The molecule has 1 fully saturated rings. The first-order chi connectivity index (χ1) is 11.7. The molecule has 1 aliphatic heterocycles. The van der Waals surface area contributed by atoms with E-state index >= 15 is 0 Å². The molecule has 2 N–H and O–H groups in total. The van der Waals surface area contributed by atoms with Crippen molar-refractivity contribution in [2.75, 3.05) is 31.1 Å². The van der Waals surface area contributed by atoms with Crippen LogP contribution in [-0.4, -0.2) is 50.9 Å². The van der Waals surface area contributed by atoms with Gasteiger partial charge in [0.2, 0.25) is 11.9 Å². The van der Waals surface area contributed by atoms with E-state index in [0.29, 0.717) is 22.5 Å². The highest BCUT2D eigenvalue weighted by molar-refractivity contribution is 5.75. The maximum Gasteiger partial charge on any atom is 0.293 e. The Morgan fingerprint density at radius 3 is 2.92 bits per heavy atom. The molecule has 1 aliphatic rings. The molecule has 3 aromatic heterocycles. The summed E-state index contributed by atoms with van der Waals surface area (Å²) >= 11 is 0. The van der Waals surface area contributed by atoms with Crippen molar-refractivity contribution in [2.24, 2.45) is 0 Å². The zero-order valence-corrected chi connectivity index (χ0v) is 12.9. The van der Waals surface area contributed by atoms with E-state index in [1.54, 1.807) is 12.1 Å². The molecule has 4 heterocycles. The van der Waals surface area contributed by atoms with Gasteiger partial charge in [-0.25, -0.2) is 14.6 Å². The third-order valence-electron chi connectivity index (χ3n) is 4.06. The summed E-state index contributed by atoms with van der Waals surface area (Å²) in [5, 5.41) is 7.37. The quantitative estimate of drug-likeness (QED) is 0.663. The first-order valence-electron chi connectivity index (χ1n) is 7.73. The van der Waals surface area contributed by atoms with E-state index in [9.17, 15) is 9.18 Å². The summed E-state index contributed by atoms with van der Waals surface area (Å²) < 4.78 is 14.9. The van der Waals surface area contributed by atoms with Gasteiger partial charge in [0.05, 0.1) is 12.7 Å². The molecule has 0 aliphatic carbocycles. The van der Waals surface area contributed by atoms with Crippen LogP contribution in [0.5, 0.6) is 0 Å². The molecule has 0 spiro atoms. The number of H-pyrrole nitrogens is 1. The number of piperazine rings is 1. The van der Waals surface area contributed by atoms with Crippen molar-refractivity contribution in [3.05, 3.63) is 46.4 Å². The molecule has 0 aromatic carbocycles. The topological polar surface area (TPSA) is 91.7 Å². The number of aromatic nitrogens is 5. The van der Waals surface area contributed by atoms with Gasteiger partial charge >= 0.3 is 0 Å². The summed E-state index contributed by atoms with van der Waals surface area (Å²) in [6, 6.07) is 3.21. The smallest absolute Gasteiger partial charge is 0.293 e. The largest absolute Gasteiger partial charge is 0.340 e. The summed E-state index contributed by atoms with van der Waals surface area (Å²) in [5.41, 5.74) is 0.872. The molecule has 4 rings (SSSR count). The molecule has 0 radical (unpaired) electrons. The minimum absolute atomic E-state index is 0.0242. The monoisotopic (exact) mass is 329 g/mol. The van der Waals surface area contributed by atoms with Crippen LogP contribution in [0.4, 0.5) is 10.3 Å². The first kappa shape index (κ1) is 14.8. The van der Waals surface area contributed by atoms with Crippen LogP contribution in [0.1, 0.15) is 5.56 Å². The summed E-state index contributed by atoms with van der Waals surface area (Å²) in [5.74, 6) is 0.0631. The van der Waals surface area contributed by atoms with Gasteiger partial charge < -0.3 is 15.2 Å². The van der Waals surface area contributed by atoms with Gasteiger partial charge in [-0.1, -0.05) is 6.07 Å². The predicted molar refractivity (Wildman–Crippen MR) is 86.5 cm³/mol. The summed E-state index contributed by atoms with van der Waals surface area (Å²) in [6.45, 7) is 3.42. The molecule has 1 saturated heterocycles. The number of hydrogen-bond donors (Lipinski definition) is 2. The maximum absolute atomic E-state index is 13.7. The molecule has 24 heavy (non-hydrogen) atoms. The second kappa shape index (κ2) is 6.00. The Morgan fingerprint density at radius 1 is 1.29 bits per heavy atom. The molecule has 124 valence electrons. The van der Waals surface area contributed by atoms with Crippen molar-refractivity contribution in [1.29, 1.82) is 0 Å². The predicted octanol–water partition coefficient (Wildman–Crippen LogP) is 0.112. The van der Waals surface area contributed by atoms with Crippen molar-refractivity contribution in [2.45, 2.75) is 6.54 Å². The molecule has 3 aromatic rings. The van der Waals surface area contributed by atoms with E-state index in [-0.39, 0.29) is 12.1 Å². The van der Waals surface area contributed by atoms with E-state index in [1.807, 2.05) is 0 Å². The van der Waals surface area contributed by atoms with E-state index in [1.165, 1.54) is 17.1 Å². The highest BCUT2D eigenvalue weighted by Gasteiger charge is 2.17. The lowest BCUT2D eigenvalue weighted by Gasteiger charge is -2.26. The molecule has 0 atom stereocenters. The van der Waals surface area contributed by atoms with E-state index < -0.39 is 5.95 Å². The minimum Gasteiger partial charge on any atom is -0.340 e. The zero-order chi connectivity index (χ0) is 16.5. The molecule has 9 heteroatoms. The van der Waals surface area contributed by atoms with Crippen LogP contribution < -0.4 is 15.8 Å². The number of rotatable bonds is 3. The lowest BCUT2D eigenvalue weighted by molar-refractivity contribution is 0.542. The van der Waals surface area contributed by atoms with Gasteiger partial charge in [0.25, 0.3) is 5.56 Å². The van der Waals surface area contributed by atoms with Crippen LogP contribution in [0, 0.1) is 5.95 Å². The Balaban J connectivity index is 1.70. The van der Waals surface area contributed by atoms with Crippen LogP contribution in [0.2, 0.25) is 0 Å². The second-order valence-corrected chi connectivity index (χ2v) is 5.62. The van der Waals surface area contributed by atoms with Gasteiger partial charge in [0, 0.05) is 37.9 Å². The lowest BCUT2D eigenvalue weighted by atomic mass is 10.3. The Morgan fingerprint density at radius 2 is 2.12 bits per heavy atom. The third kappa shape index (κ3) is 2.62. The SMILES string of the molecule is O=c1c2[nH]c(N3CCNCC3)nc2cnn1Cc1cccnc1F. The highest BCUT2D eigenvalue weighted by Crippen LogP contribution is 2.14. The van der Waals surface area contributed by atoms with Gasteiger partial charge in [0.1, 0.15) is 11.0 Å². The summed E-state index contributed by atoms with van der Waals surface area (Å²) in [6.07, 6.45) is 2.89. The van der Waals surface area contributed by atoms with Crippen molar-refractivity contribution < 1.29 is 4.39 Å². The van der Waals surface area contributed by atoms with Crippen molar-refractivity contribution >= 4 is 17.0 Å². The molecule has 0 amide bonds. The molecule has 0 bridgehead atoms. The normalized spacial score (nSPS) is 15.1. The van der Waals surface area contributed by atoms with Crippen LogP contribution in [0.25, 0.3) is 11.0 Å². The summed E-state index contributed by atoms with van der Waals surface area (Å²) in [7, 11) is 0. The van der Waals surface area contributed by atoms with Crippen LogP contribution in [-0.2, 0) is 6.54 Å². The van der Waals surface area contributed by atoms with Crippen LogP contribution in [0.3, 0.4) is 0 Å². The third-order valence-corrected chi connectivity index (χ3v) is 4.06. The fourth-order valence-corrected chi connectivity index (χ4v) is 2.77. The average Bonchev–Trinajstić information content (AvgIpc) is 3.05. The number of nitrogens with one attached hydrogen (secondary N) is 2. The fourth-order valence-electron chi connectivity index (χ4n) is 2.77. The number of imidazole rings is 1. The molecule has 8 nitrogen and oxygen atoms in total. The molecule has 0 saturated carbocycles. The highest BCUT2D eigenvalue weighted by atomic mass is 19.1. The fraction of sp³-hybridized carbons (Fsp3) is 0.333. The second-order valence-electron chi connectivity index (χ2n) is 5.62. The van der Waals surface area contributed by atoms with Crippen molar-refractivity contribution in [3.8, 4) is 0 Å². The number of aromatic amines is 1. The van der Waals surface area contributed by atoms with Crippen molar-refractivity contribution in [1.82, 2.24) is 30.0 Å². The Kier molecular flexibility index (Phi) is 3.69. The van der Waals surface area contributed by atoms with Gasteiger partial charge in [-0.15, -0.1) is 0 Å². The van der Waals surface area contributed by atoms with Gasteiger partial charge in [-0.2, -0.15) is 9.49 Å². The Labute approximate surface area is 136 Å². The number of anilines is 1. The van der Waals surface area contributed by atoms with Crippen LogP contribution in [0.15, 0.2) is 29.3 Å². The molecular formula is C15H16FN7O.